The average molecular weight is 320 g/mol. The van der Waals surface area contributed by atoms with E-state index in [2.05, 4.69) is 56.2 Å². The van der Waals surface area contributed by atoms with Gasteiger partial charge in [0.15, 0.2) is 17.4 Å². The van der Waals surface area contributed by atoms with Crippen LogP contribution in [0, 0.1) is 0 Å². The molecule has 1 fully saturated rings. The van der Waals surface area contributed by atoms with E-state index in [1.54, 1.807) is 7.05 Å². The molecule has 0 amide bonds. The molecular formula is C18H20N6. The van der Waals surface area contributed by atoms with E-state index < -0.39 is 0 Å². The molecule has 2 atom stereocenters. The van der Waals surface area contributed by atoms with Crippen LogP contribution in [0.1, 0.15) is 23.7 Å². The van der Waals surface area contributed by atoms with Gasteiger partial charge in [-0.25, -0.2) is 0 Å². The maximum Gasteiger partial charge on any atom is 0.191 e. The second kappa shape index (κ2) is 6.31. The van der Waals surface area contributed by atoms with Crippen LogP contribution in [-0.4, -0.2) is 33.6 Å². The Morgan fingerprint density at radius 3 is 2.83 bits per heavy atom. The van der Waals surface area contributed by atoms with E-state index in [0.29, 0.717) is 18.5 Å². The number of pyridine rings is 1. The van der Waals surface area contributed by atoms with E-state index in [9.17, 15) is 0 Å². The number of aromatic nitrogens is 3. The predicted molar refractivity (Wildman–Crippen MR) is 93.9 cm³/mol. The molecule has 3 aromatic rings. The van der Waals surface area contributed by atoms with Crippen molar-refractivity contribution >= 4 is 11.6 Å². The molecule has 0 aliphatic heterocycles. The topological polar surface area (TPSA) is 66.6 Å². The Labute approximate surface area is 140 Å². The van der Waals surface area contributed by atoms with Gasteiger partial charge in [0.05, 0.1) is 6.54 Å². The third kappa shape index (κ3) is 2.95. The minimum Gasteiger partial charge on any atom is -0.353 e. The van der Waals surface area contributed by atoms with Crippen molar-refractivity contribution in [1.29, 1.82) is 0 Å². The van der Waals surface area contributed by atoms with Crippen molar-refractivity contribution < 1.29 is 0 Å². The summed E-state index contributed by atoms with van der Waals surface area (Å²) in [5.41, 5.74) is 2.23. The van der Waals surface area contributed by atoms with Gasteiger partial charge in [-0.1, -0.05) is 36.4 Å². The van der Waals surface area contributed by atoms with Crippen molar-refractivity contribution in [2.75, 3.05) is 7.05 Å². The lowest BCUT2D eigenvalue weighted by Gasteiger charge is -2.11. The van der Waals surface area contributed by atoms with Crippen LogP contribution < -0.4 is 10.6 Å². The Balaban J connectivity index is 1.36. The highest BCUT2D eigenvalue weighted by molar-refractivity contribution is 5.80. The third-order valence-electron chi connectivity index (χ3n) is 4.36. The van der Waals surface area contributed by atoms with Gasteiger partial charge in [0.2, 0.25) is 0 Å². The quantitative estimate of drug-likeness (QED) is 0.569. The van der Waals surface area contributed by atoms with E-state index in [-0.39, 0.29) is 0 Å². The van der Waals surface area contributed by atoms with Gasteiger partial charge >= 0.3 is 0 Å². The summed E-state index contributed by atoms with van der Waals surface area (Å²) in [6, 6.07) is 16.9. The van der Waals surface area contributed by atoms with E-state index in [1.807, 2.05) is 28.8 Å². The number of fused-ring (bicyclic) bond motifs is 1. The molecule has 2 heterocycles. The monoisotopic (exact) mass is 320 g/mol. The lowest BCUT2D eigenvalue weighted by molar-refractivity contribution is 0.753. The van der Waals surface area contributed by atoms with Gasteiger partial charge in [0, 0.05) is 25.2 Å². The first-order valence-corrected chi connectivity index (χ1v) is 8.16. The molecule has 2 unspecified atom stereocenters. The molecule has 2 aromatic heterocycles. The van der Waals surface area contributed by atoms with Crippen molar-refractivity contribution in [3.63, 3.8) is 0 Å². The molecule has 0 spiro atoms. The largest absolute Gasteiger partial charge is 0.353 e. The molecule has 0 bridgehead atoms. The van der Waals surface area contributed by atoms with E-state index in [1.165, 1.54) is 5.56 Å². The van der Waals surface area contributed by atoms with Gasteiger partial charge in [-0.2, -0.15) is 0 Å². The van der Waals surface area contributed by atoms with Crippen LogP contribution in [0.5, 0.6) is 0 Å². The zero-order valence-electron chi connectivity index (χ0n) is 13.6. The number of nitrogens with one attached hydrogen (secondary N) is 2. The summed E-state index contributed by atoms with van der Waals surface area (Å²) in [6.07, 6.45) is 3.10. The molecule has 6 heteroatoms. The van der Waals surface area contributed by atoms with Gasteiger partial charge < -0.3 is 10.6 Å². The number of nitrogens with zero attached hydrogens (tertiary/aromatic N) is 4. The lowest BCUT2D eigenvalue weighted by atomic mass is 10.1. The fourth-order valence-electron chi connectivity index (χ4n) is 2.97. The van der Waals surface area contributed by atoms with Crippen LogP contribution in [0.4, 0.5) is 0 Å². The summed E-state index contributed by atoms with van der Waals surface area (Å²) in [6.45, 7) is 0.577. The summed E-state index contributed by atoms with van der Waals surface area (Å²) in [5, 5.41) is 15.2. The first kappa shape index (κ1) is 14.7. The first-order valence-electron chi connectivity index (χ1n) is 8.16. The fraction of sp³-hybridized carbons (Fsp3) is 0.278. The number of benzene rings is 1. The first-order chi connectivity index (χ1) is 11.8. The molecule has 24 heavy (non-hydrogen) atoms. The molecule has 1 aromatic carbocycles. The minimum absolute atomic E-state index is 0.439. The Morgan fingerprint density at radius 1 is 1.17 bits per heavy atom. The summed E-state index contributed by atoms with van der Waals surface area (Å²) in [5.74, 6) is 2.23. The van der Waals surface area contributed by atoms with Gasteiger partial charge in [-0.15, -0.1) is 10.2 Å². The second-order valence-corrected chi connectivity index (χ2v) is 5.97. The Kier molecular flexibility index (Phi) is 3.86. The number of guanidine groups is 1. The highest BCUT2D eigenvalue weighted by atomic mass is 15.3. The Hall–Kier alpha value is -2.89. The van der Waals surface area contributed by atoms with Crippen LogP contribution >= 0.6 is 0 Å². The third-order valence-corrected chi connectivity index (χ3v) is 4.36. The van der Waals surface area contributed by atoms with Crippen molar-refractivity contribution in [2.24, 2.45) is 4.99 Å². The molecule has 1 saturated carbocycles. The number of hydrogen-bond acceptors (Lipinski definition) is 3. The summed E-state index contributed by atoms with van der Waals surface area (Å²) in [4.78, 5) is 4.31. The number of aliphatic imine (C=N–C) groups is 1. The van der Waals surface area contributed by atoms with Gasteiger partial charge in [0.25, 0.3) is 0 Å². The van der Waals surface area contributed by atoms with E-state index in [4.69, 9.17) is 0 Å². The van der Waals surface area contributed by atoms with Crippen LogP contribution in [0.15, 0.2) is 59.7 Å². The second-order valence-electron chi connectivity index (χ2n) is 5.97. The standard InChI is InChI=1S/C18H20N6/c1-19-18(21-15-11-14(15)13-7-3-2-4-8-13)20-12-17-23-22-16-9-5-6-10-24(16)17/h2-10,14-15H,11-12H2,1H3,(H2,19,20,21). The summed E-state index contributed by atoms with van der Waals surface area (Å²) >= 11 is 0. The highest BCUT2D eigenvalue weighted by Crippen LogP contribution is 2.40. The van der Waals surface area contributed by atoms with Crippen LogP contribution in [0.3, 0.4) is 0 Å². The van der Waals surface area contributed by atoms with Gasteiger partial charge in [0.1, 0.15) is 0 Å². The summed E-state index contributed by atoms with van der Waals surface area (Å²) in [7, 11) is 1.79. The molecular weight excluding hydrogens is 300 g/mol. The summed E-state index contributed by atoms with van der Waals surface area (Å²) < 4.78 is 1.98. The van der Waals surface area contributed by atoms with Crippen molar-refractivity contribution in [3.05, 3.63) is 66.1 Å². The van der Waals surface area contributed by atoms with Gasteiger partial charge in [-0.3, -0.25) is 9.39 Å². The van der Waals surface area contributed by atoms with Crippen molar-refractivity contribution in [1.82, 2.24) is 25.2 Å². The molecule has 1 aliphatic rings. The van der Waals surface area contributed by atoms with Crippen molar-refractivity contribution in [2.45, 2.75) is 24.9 Å². The predicted octanol–water partition coefficient (Wildman–Crippen LogP) is 1.95. The Morgan fingerprint density at radius 2 is 2.00 bits per heavy atom. The number of rotatable bonds is 4. The van der Waals surface area contributed by atoms with E-state index >= 15 is 0 Å². The molecule has 0 saturated heterocycles. The average Bonchev–Trinajstić information content (AvgIpc) is 3.29. The molecule has 0 radical (unpaired) electrons. The smallest absolute Gasteiger partial charge is 0.191 e. The zero-order chi connectivity index (χ0) is 16.4. The van der Waals surface area contributed by atoms with Gasteiger partial charge in [-0.05, 0) is 24.1 Å². The zero-order valence-corrected chi connectivity index (χ0v) is 13.6. The molecule has 122 valence electrons. The molecule has 1 aliphatic carbocycles. The van der Waals surface area contributed by atoms with Crippen molar-refractivity contribution in [3.8, 4) is 0 Å². The lowest BCUT2D eigenvalue weighted by Crippen LogP contribution is -2.38. The molecule has 6 nitrogen and oxygen atoms in total. The van der Waals surface area contributed by atoms with Crippen LogP contribution in [0.25, 0.3) is 5.65 Å². The minimum atomic E-state index is 0.439. The molecule has 2 N–H and O–H groups in total. The maximum atomic E-state index is 4.31. The van der Waals surface area contributed by atoms with Crippen LogP contribution in [0.2, 0.25) is 0 Å². The Bertz CT molecular complexity index is 854. The molecule has 4 rings (SSSR count). The SMILES string of the molecule is CN=C(NCc1nnc2ccccn12)NC1CC1c1ccccc1. The number of hydrogen-bond donors (Lipinski definition) is 2. The normalized spacial score (nSPS) is 20.1. The van der Waals surface area contributed by atoms with Crippen LogP contribution in [-0.2, 0) is 6.54 Å². The maximum absolute atomic E-state index is 4.31. The van der Waals surface area contributed by atoms with E-state index in [0.717, 1.165) is 23.9 Å². The highest BCUT2D eigenvalue weighted by Gasteiger charge is 2.38. The fourth-order valence-corrected chi connectivity index (χ4v) is 2.97.